The number of hydrogen-bond donors (Lipinski definition) is 1. The molecule has 0 bridgehead atoms. The Bertz CT molecular complexity index is 323. The Labute approximate surface area is 96.4 Å². The molecule has 0 radical (unpaired) electrons. The highest BCUT2D eigenvalue weighted by atomic mass is 16.5. The van der Waals surface area contributed by atoms with Crippen molar-refractivity contribution in [3.63, 3.8) is 0 Å². The Morgan fingerprint density at radius 3 is 2.75 bits per heavy atom. The Balaban J connectivity index is 1.69. The lowest BCUT2D eigenvalue weighted by Crippen LogP contribution is -2.45. The summed E-state index contributed by atoms with van der Waals surface area (Å²) in [4.78, 5) is 4.34. The molecule has 0 unspecified atom stereocenters. The number of rotatable bonds is 5. The van der Waals surface area contributed by atoms with Crippen LogP contribution in [0.3, 0.4) is 0 Å². The highest BCUT2D eigenvalue weighted by Crippen LogP contribution is 2.23. The first-order chi connectivity index (χ1) is 7.69. The maximum Gasteiger partial charge on any atom is 0.208 e. The van der Waals surface area contributed by atoms with Crippen molar-refractivity contribution in [2.75, 3.05) is 6.61 Å². The van der Waals surface area contributed by atoms with Crippen molar-refractivity contribution < 1.29 is 9.15 Å². The molecule has 0 spiro atoms. The molecule has 2 rings (SSSR count). The second-order valence-corrected chi connectivity index (χ2v) is 4.38. The molecule has 1 N–H and O–H groups in total. The fourth-order valence-electron chi connectivity index (χ4n) is 1.95. The van der Waals surface area contributed by atoms with Gasteiger partial charge in [-0.3, -0.25) is 0 Å². The molecule has 1 aliphatic carbocycles. The Morgan fingerprint density at radius 2 is 2.19 bits per heavy atom. The Morgan fingerprint density at radius 1 is 1.44 bits per heavy atom. The van der Waals surface area contributed by atoms with Gasteiger partial charge in [0.05, 0.1) is 18.3 Å². The van der Waals surface area contributed by atoms with Gasteiger partial charge in [-0.2, -0.15) is 0 Å². The number of hydrogen-bond acceptors (Lipinski definition) is 4. The van der Waals surface area contributed by atoms with Gasteiger partial charge in [0.25, 0.3) is 0 Å². The molecule has 1 aromatic heterocycles. The molecule has 1 aromatic rings. The second-order valence-electron chi connectivity index (χ2n) is 4.38. The monoisotopic (exact) mass is 224 g/mol. The number of nitrogens with one attached hydrogen (secondary N) is 1. The van der Waals surface area contributed by atoms with Crippen LogP contribution in [0.1, 0.15) is 37.1 Å². The van der Waals surface area contributed by atoms with E-state index in [0.29, 0.717) is 12.1 Å². The van der Waals surface area contributed by atoms with Crippen LogP contribution in [0.2, 0.25) is 0 Å². The average Bonchev–Trinajstić information content (AvgIpc) is 2.50. The molecular weight excluding hydrogens is 204 g/mol. The first kappa shape index (κ1) is 11.6. The van der Waals surface area contributed by atoms with Gasteiger partial charge in [0.2, 0.25) is 5.89 Å². The van der Waals surface area contributed by atoms with Crippen LogP contribution in [0.15, 0.2) is 4.42 Å². The van der Waals surface area contributed by atoms with Crippen molar-refractivity contribution in [3.8, 4) is 0 Å². The summed E-state index contributed by atoms with van der Waals surface area (Å²) in [6, 6.07) is 0.559. The lowest BCUT2D eigenvalue weighted by molar-refractivity contribution is -0.0106. The minimum atomic E-state index is 0.454. The van der Waals surface area contributed by atoms with Crippen molar-refractivity contribution in [2.45, 2.75) is 52.3 Å². The summed E-state index contributed by atoms with van der Waals surface area (Å²) >= 11 is 0. The largest absolute Gasteiger partial charge is 0.444 e. The molecule has 0 amide bonds. The summed E-state index contributed by atoms with van der Waals surface area (Å²) in [7, 11) is 0. The number of nitrogens with zero attached hydrogens (tertiary/aromatic N) is 1. The molecule has 4 nitrogen and oxygen atoms in total. The minimum absolute atomic E-state index is 0.454. The predicted molar refractivity (Wildman–Crippen MR) is 61.3 cm³/mol. The third-order valence-electron chi connectivity index (χ3n) is 3.11. The maximum atomic E-state index is 5.50. The van der Waals surface area contributed by atoms with Gasteiger partial charge in [-0.1, -0.05) is 0 Å². The standard InChI is InChI=1S/C12H20N2O2/c1-4-15-11-5-10(6-11)13-7-12-14-8(2)9(3)16-12/h10-11,13H,4-7H2,1-3H3. The van der Waals surface area contributed by atoms with Gasteiger partial charge in [0.15, 0.2) is 0 Å². The van der Waals surface area contributed by atoms with E-state index in [2.05, 4.69) is 10.3 Å². The van der Waals surface area contributed by atoms with E-state index < -0.39 is 0 Å². The molecule has 0 saturated heterocycles. The van der Waals surface area contributed by atoms with Crippen molar-refractivity contribution in [1.29, 1.82) is 0 Å². The maximum absolute atomic E-state index is 5.50. The summed E-state index contributed by atoms with van der Waals surface area (Å²) in [5.74, 6) is 1.70. The van der Waals surface area contributed by atoms with E-state index in [1.54, 1.807) is 0 Å². The third kappa shape index (κ3) is 2.62. The molecule has 1 aliphatic rings. The molecule has 0 atom stereocenters. The number of aromatic nitrogens is 1. The summed E-state index contributed by atoms with van der Waals surface area (Å²) in [6.45, 7) is 7.49. The number of aryl methyl sites for hydroxylation is 2. The van der Waals surface area contributed by atoms with Crippen LogP contribution in [0.4, 0.5) is 0 Å². The normalized spacial score (nSPS) is 24.4. The number of ether oxygens (including phenoxy) is 1. The van der Waals surface area contributed by atoms with Crippen LogP contribution < -0.4 is 5.32 Å². The Hall–Kier alpha value is -0.870. The van der Waals surface area contributed by atoms with Gasteiger partial charge in [0, 0.05) is 12.6 Å². The van der Waals surface area contributed by atoms with Gasteiger partial charge < -0.3 is 14.5 Å². The van der Waals surface area contributed by atoms with Crippen LogP contribution in [-0.4, -0.2) is 23.7 Å². The van der Waals surface area contributed by atoms with E-state index >= 15 is 0 Å². The van der Waals surface area contributed by atoms with Crippen LogP contribution in [0, 0.1) is 13.8 Å². The lowest BCUT2D eigenvalue weighted by atomic mass is 9.89. The predicted octanol–water partition coefficient (Wildman–Crippen LogP) is 1.95. The smallest absolute Gasteiger partial charge is 0.208 e. The zero-order valence-electron chi connectivity index (χ0n) is 10.2. The van der Waals surface area contributed by atoms with E-state index in [4.69, 9.17) is 9.15 Å². The molecular formula is C12H20N2O2. The van der Waals surface area contributed by atoms with Crippen molar-refractivity contribution in [2.24, 2.45) is 0 Å². The second kappa shape index (κ2) is 4.97. The average molecular weight is 224 g/mol. The lowest BCUT2D eigenvalue weighted by Gasteiger charge is -2.35. The number of oxazole rings is 1. The quantitative estimate of drug-likeness (QED) is 0.830. The summed E-state index contributed by atoms with van der Waals surface area (Å²) in [5, 5.41) is 3.43. The van der Waals surface area contributed by atoms with Gasteiger partial charge in [0.1, 0.15) is 5.76 Å². The van der Waals surface area contributed by atoms with E-state index in [1.807, 2.05) is 20.8 Å². The van der Waals surface area contributed by atoms with E-state index in [9.17, 15) is 0 Å². The highest BCUT2D eigenvalue weighted by Gasteiger charge is 2.29. The molecule has 1 heterocycles. The van der Waals surface area contributed by atoms with Crippen LogP contribution >= 0.6 is 0 Å². The van der Waals surface area contributed by atoms with Gasteiger partial charge in [-0.15, -0.1) is 0 Å². The van der Waals surface area contributed by atoms with E-state index in [0.717, 1.165) is 43.3 Å². The molecule has 0 aromatic carbocycles. The molecule has 0 aliphatic heterocycles. The Kier molecular flexibility index (Phi) is 3.61. The van der Waals surface area contributed by atoms with Gasteiger partial charge in [-0.25, -0.2) is 4.98 Å². The summed E-state index contributed by atoms with van der Waals surface area (Å²) in [6.07, 6.45) is 2.66. The zero-order chi connectivity index (χ0) is 11.5. The molecule has 90 valence electrons. The topological polar surface area (TPSA) is 47.3 Å². The summed E-state index contributed by atoms with van der Waals surface area (Å²) < 4.78 is 11.0. The third-order valence-corrected chi connectivity index (χ3v) is 3.11. The van der Waals surface area contributed by atoms with Crippen molar-refractivity contribution in [3.05, 3.63) is 17.3 Å². The molecule has 1 fully saturated rings. The molecule has 4 heteroatoms. The van der Waals surface area contributed by atoms with Crippen LogP contribution in [0.5, 0.6) is 0 Å². The van der Waals surface area contributed by atoms with E-state index in [1.165, 1.54) is 0 Å². The van der Waals surface area contributed by atoms with Crippen molar-refractivity contribution >= 4 is 0 Å². The summed E-state index contributed by atoms with van der Waals surface area (Å²) in [5.41, 5.74) is 0.984. The fraction of sp³-hybridized carbons (Fsp3) is 0.750. The van der Waals surface area contributed by atoms with E-state index in [-0.39, 0.29) is 0 Å². The fourth-order valence-corrected chi connectivity index (χ4v) is 1.95. The molecule has 1 saturated carbocycles. The van der Waals surface area contributed by atoms with Crippen LogP contribution in [-0.2, 0) is 11.3 Å². The molecule has 16 heavy (non-hydrogen) atoms. The van der Waals surface area contributed by atoms with Gasteiger partial charge >= 0.3 is 0 Å². The SMILES string of the molecule is CCOC1CC(NCc2nc(C)c(C)o2)C1. The van der Waals surface area contributed by atoms with Crippen LogP contribution in [0.25, 0.3) is 0 Å². The first-order valence-corrected chi connectivity index (χ1v) is 5.97. The first-order valence-electron chi connectivity index (χ1n) is 5.97. The van der Waals surface area contributed by atoms with Gasteiger partial charge in [-0.05, 0) is 33.6 Å². The highest BCUT2D eigenvalue weighted by molar-refractivity contribution is 5.05. The van der Waals surface area contributed by atoms with Crippen molar-refractivity contribution in [1.82, 2.24) is 10.3 Å². The minimum Gasteiger partial charge on any atom is -0.444 e. The zero-order valence-corrected chi connectivity index (χ0v) is 10.2.